The number of hydrogen-bond donors (Lipinski definition) is 1. The molecule has 0 spiro atoms. The number of carbonyl (C=O) groups is 2. The molecule has 0 unspecified atom stereocenters. The first-order chi connectivity index (χ1) is 10.7. The first kappa shape index (κ1) is 14.6. The number of anilines is 1. The van der Waals surface area contributed by atoms with Crippen LogP contribution < -0.4 is 5.32 Å². The van der Waals surface area contributed by atoms with Gasteiger partial charge in [0.1, 0.15) is 11.0 Å². The number of benzene rings is 1. The maximum atomic E-state index is 12.4. The molecule has 0 bridgehead atoms. The van der Waals surface area contributed by atoms with Gasteiger partial charge in [0.05, 0.1) is 17.4 Å². The third-order valence-electron chi connectivity index (χ3n) is 3.90. The first-order valence-electron chi connectivity index (χ1n) is 7.12. The quantitative estimate of drug-likeness (QED) is 0.880. The van der Waals surface area contributed by atoms with Crippen LogP contribution in [0.25, 0.3) is 11.0 Å². The number of nitrogens with zero attached hydrogens (tertiary/aromatic N) is 3. The van der Waals surface area contributed by atoms with E-state index in [1.807, 2.05) is 18.2 Å². The Hall–Kier alpha value is -2.28. The normalized spacial score (nSPS) is 15.7. The lowest BCUT2D eigenvalue weighted by Gasteiger charge is -2.30. The summed E-state index contributed by atoms with van der Waals surface area (Å²) in [6, 6.07) is 5.55. The van der Waals surface area contributed by atoms with Crippen LogP contribution in [0, 0.1) is 5.92 Å². The number of amides is 2. The molecule has 1 aliphatic heterocycles. The fourth-order valence-electron chi connectivity index (χ4n) is 2.63. The molecule has 1 fully saturated rings. The Labute approximate surface area is 132 Å². The summed E-state index contributed by atoms with van der Waals surface area (Å²) < 4.78 is 8.38. The number of aromatic nitrogens is 2. The van der Waals surface area contributed by atoms with E-state index in [1.165, 1.54) is 6.08 Å². The fourth-order valence-corrected chi connectivity index (χ4v) is 3.18. The third-order valence-corrected chi connectivity index (χ3v) is 4.44. The molecular weight excluding hydrogens is 300 g/mol. The zero-order valence-corrected chi connectivity index (χ0v) is 12.8. The minimum atomic E-state index is -0.0873. The van der Waals surface area contributed by atoms with Gasteiger partial charge in [-0.05, 0) is 31.1 Å². The number of carbonyl (C=O) groups excluding carboxylic acids is 2. The number of nitrogens with one attached hydrogen (secondary N) is 1. The van der Waals surface area contributed by atoms with E-state index >= 15 is 0 Å². The highest BCUT2D eigenvalue weighted by Gasteiger charge is 2.26. The molecule has 6 nitrogen and oxygen atoms in total. The number of fused-ring (bicyclic) bond motifs is 1. The van der Waals surface area contributed by atoms with Gasteiger partial charge in [-0.15, -0.1) is 0 Å². The number of hydrogen-bond acceptors (Lipinski definition) is 5. The van der Waals surface area contributed by atoms with E-state index in [9.17, 15) is 9.59 Å². The number of piperidine rings is 1. The average Bonchev–Trinajstić information content (AvgIpc) is 3.04. The summed E-state index contributed by atoms with van der Waals surface area (Å²) in [4.78, 5) is 25.7. The van der Waals surface area contributed by atoms with Crippen molar-refractivity contribution in [3.8, 4) is 0 Å². The van der Waals surface area contributed by atoms with Crippen molar-refractivity contribution in [1.82, 2.24) is 13.6 Å². The topological polar surface area (TPSA) is 75.2 Å². The molecule has 0 radical (unpaired) electrons. The van der Waals surface area contributed by atoms with Crippen LogP contribution in [0.1, 0.15) is 12.8 Å². The van der Waals surface area contributed by atoms with Crippen molar-refractivity contribution in [3.05, 3.63) is 30.9 Å². The molecule has 7 heteroatoms. The van der Waals surface area contributed by atoms with Gasteiger partial charge in [-0.3, -0.25) is 9.59 Å². The zero-order valence-electron chi connectivity index (χ0n) is 12.0. The Kier molecular flexibility index (Phi) is 4.15. The lowest BCUT2D eigenvalue weighted by molar-refractivity contribution is -0.130. The van der Waals surface area contributed by atoms with Crippen LogP contribution in [-0.2, 0) is 9.59 Å². The van der Waals surface area contributed by atoms with Gasteiger partial charge in [-0.2, -0.15) is 8.75 Å². The number of likely N-dealkylation sites (tertiary alicyclic amines) is 1. The van der Waals surface area contributed by atoms with Crippen molar-refractivity contribution < 1.29 is 9.59 Å². The van der Waals surface area contributed by atoms with E-state index in [-0.39, 0.29) is 17.7 Å². The SMILES string of the molecule is C=CC(=O)N1CCC(C(=O)Nc2cccc3nsnc23)CC1. The van der Waals surface area contributed by atoms with Crippen molar-refractivity contribution in [2.45, 2.75) is 12.8 Å². The second kappa shape index (κ2) is 6.23. The largest absolute Gasteiger partial charge is 0.339 e. The second-order valence-electron chi connectivity index (χ2n) is 5.23. The smallest absolute Gasteiger partial charge is 0.245 e. The fraction of sp³-hybridized carbons (Fsp3) is 0.333. The van der Waals surface area contributed by atoms with Crippen LogP contribution in [0.2, 0.25) is 0 Å². The summed E-state index contributed by atoms with van der Waals surface area (Å²) in [5, 5.41) is 2.94. The summed E-state index contributed by atoms with van der Waals surface area (Å²) in [5.41, 5.74) is 2.20. The maximum absolute atomic E-state index is 12.4. The standard InChI is InChI=1S/C15H16N4O2S/c1-2-13(20)19-8-6-10(7-9-19)15(21)16-11-4-3-5-12-14(11)18-22-17-12/h2-5,10H,1,6-9H2,(H,16,21). The van der Waals surface area contributed by atoms with Gasteiger partial charge in [0.2, 0.25) is 11.8 Å². The summed E-state index contributed by atoms with van der Waals surface area (Å²) in [5.74, 6) is -0.181. The molecule has 0 aliphatic carbocycles. The summed E-state index contributed by atoms with van der Waals surface area (Å²) in [6.07, 6.45) is 2.64. The van der Waals surface area contributed by atoms with Crippen molar-refractivity contribution in [3.63, 3.8) is 0 Å². The van der Waals surface area contributed by atoms with Crippen molar-refractivity contribution in [2.24, 2.45) is 5.92 Å². The van der Waals surface area contributed by atoms with Crippen molar-refractivity contribution in [2.75, 3.05) is 18.4 Å². The summed E-state index contributed by atoms with van der Waals surface area (Å²) in [7, 11) is 0. The molecule has 1 saturated heterocycles. The lowest BCUT2D eigenvalue weighted by Crippen LogP contribution is -2.40. The molecule has 0 saturated carbocycles. The third kappa shape index (κ3) is 2.85. The van der Waals surface area contributed by atoms with Crippen LogP contribution in [0.5, 0.6) is 0 Å². The maximum Gasteiger partial charge on any atom is 0.245 e. The van der Waals surface area contributed by atoms with Crippen molar-refractivity contribution in [1.29, 1.82) is 0 Å². The Morgan fingerprint density at radius 1 is 1.32 bits per heavy atom. The predicted molar refractivity (Wildman–Crippen MR) is 85.5 cm³/mol. The summed E-state index contributed by atoms with van der Waals surface area (Å²) >= 11 is 1.13. The van der Waals surface area contributed by atoms with Gasteiger partial charge in [-0.1, -0.05) is 12.6 Å². The Bertz CT molecular complexity index is 719. The van der Waals surface area contributed by atoms with E-state index in [0.717, 1.165) is 22.8 Å². The van der Waals surface area contributed by atoms with Crippen LogP contribution in [0.4, 0.5) is 5.69 Å². The summed E-state index contributed by atoms with van der Waals surface area (Å²) in [6.45, 7) is 4.66. The average molecular weight is 316 g/mol. The van der Waals surface area contributed by atoms with E-state index in [0.29, 0.717) is 31.6 Å². The van der Waals surface area contributed by atoms with Gasteiger partial charge >= 0.3 is 0 Å². The molecule has 1 N–H and O–H groups in total. The highest BCUT2D eigenvalue weighted by Crippen LogP contribution is 2.24. The molecule has 114 valence electrons. The minimum absolute atomic E-state index is 0.0220. The Morgan fingerprint density at radius 2 is 2.09 bits per heavy atom. The van der Waals surface area contributed by atoms with E-state index in [2.05, 4.69) is 20.6 Å². The highest BCUT2D eigenvalue weighted by atomic mass is 32.1. The monoisotopic (exact) mass is 316 g/mol. The molecule has 1 aromatic carbocycles. The van der Waals surface area contributed by atoms with Gasteiger partial charge in [0.15, 0.2) is 0 Å². The molecule has 1 aliphatic rings. The van der Waals surface area contributed by atoms with Gasteiger partial charge in [0, 0.05) is 19.0 Å². The molecule has 1 aromatic heterocycles. The number of rotatable bonds is 3. The van der Waals surface area contributed by atoms with Gasteiger partial charge < -0.3 is 10.2 Å². The Morgan fingerprint density at radius 3 is 2.82 bits per heavy atom. The second-order valence-corrected chi connectivity index (χ2v) is 5.76. The lowest BCUT2D eigenvalue weighted by atomic mass is 9.95. The molecule has 0 atom stereocenters. The van der Waals surface area contributed by atoms with Crippen LogP contribution >= 0.6 is 11.7 Å². The highest BCUT2D eigenvalue weighted by molar-refractivity contribution is 7.00. The van der Waals surface area contributed by atoms with Crippen LogP contribution in [0.3, 0.4) is 0 Å². The van der Waals surface area contributed by atoms with E-state index < -0.39 is 0 Å². The molecule has 2 amide bonds. The molecule has 3 rings (SSSR count). The first-order valence-corrected chi connectivity index (χ1v) is 7.85. The molecule has 2 aromatic rings. The van der Waals surface area contributed by atoms with Crippen LogP contribution in [0.15, 0.2) is 30.9 Å². The van der Waals surface area contributed by atoms with Gasteiger partial charge in [-0.25, -0.2) is 0 Å². The van der Waals surface area contributed by atoms with E-state index in [4.69, 9.17) is 0 Å². The van der Waals surface area contributed by atoms with Crippen LogP contribution in [-0.4, -0.2) is 38.6 Å². The molecule has 22 heavy (non-hydrogen) atoms. The van der Waals surface area contributed by atoms with Gasteiger partial charge in [0.25, 0.3) is 0 Å². The molecule has 2 heterocycles. The van der Waals surface area contributed by atoms with Crippen molar-refractivity contribution >= 4 is 40.3 Å². The van der Waals surface area contributed by atoms with E-state index in [1.54, 1.807) is 4.90 Å². The zero-order chi connectivity index (χ0) is 15.5. The molecular formula is C15H16N4O2S. The Balaban J connectivity index is 1.65. The minimum Gasteiger partial charge on any atom is -0.339 e. The predicted octanol–water partition coefficient (Wildman–Crippen LogP) is 2.05.